The van der Waals surface area contributed by atoms with E-state index in [9.17, 15) is 0 Å². The Labute approximate surface area is 130 Å². The molecule has 0 aliphatic carbocycles. The first kappa shape index (κ1) is 16.4. The van der Waals surface area contributed by atoms with Crippen LogP contribution in [0.5, 0.6) is 0 Å². The third-order valence-electron chi connectivity index (χ3n) is 2.80. The molecule has 0 aliphatic heterocycles. The number of anilines is 1. The molecule has 0 bridgehead atoms. The van der Waals surface area contributed by atoms with E-state index in [1.165, 1.54) is 0 Å². The van der Waals surface area contributed by atoms with Gasteiger partial charge in [0.2, 0.25) is 12.2 Å². The maximum Gasteiger partial charge on any atom is 0.225 e. The summed E-state index contributed by atoms with van der Waals surface area (Å²) < 4.78 is 13.1. The van der Waals surface area contributed by atoms with Crippen molar-refractivity contribution in [1.29, 1.82) is 0 Å². The van der Waals surface area contributed by atoms with Crippen molar-refractivity contribution >= 4 is 5.95 Å². The van der Waals surface area contributed by atoms with E-state index in [0.717, 1.165) is 5.82 Å². The Bertz CT molecular complexity index is 565. The van der Waals surface area contributed by atoms with Crippen LogP contribution in [0.3, 0.4) is 0 Å². The van der Waals surface area contributed by atoms with Crippen molar-refractivity contribution in [2.45, 2.75) is 40.0 Å². The molecule has 0 aromatic carbocycles. The molecule has 7 heteroatoms. The Morgan fingerprint density at radius 2 is 1.91 bits per heavy atom. The monoisotopic (exact) mass is 305 g/mol. The summed E-state index contributed by atoms with van der Waals surface area (Å²) in [7, 11) is 0. The SMILES string of the molecule is CCOC(OCC)c1cc(-n2ccnc2)nc(NC(C)C)n1. The minimum Gasteiger partial charge on any atom is -0.352 e. The maximum absolute atomic E-state index is 5.64. The number of hydrogen-bond acceptors (Lipinski definition) is 6. The van der Waals surface area contributed by atoms with E-state index in [1.54, 1.807) is 12.5 Å². The summed E-state index contributed by atoms with van der Waals surface area (Å²) in [6.45, 7) is 9.02. The predicted molar refractivity (Wildman–Crippen MR) is 83.9 cm³/mol. The van der Waals surface area contributed by atoms with Crippen LogP contribution < -0.4 is 5.32 Å². The Morgan fingerprint density at radius 1 is 1.18 bits per heavy atom. The fraction of sp³-hybridized carbons (Fsp3) is 0.533. The average Bonchev–Trinajstić information content (AvgIpc) is 3.00. The lowest BCUT2D eigenvalue weighted by Gasteiger charge is -2.18. The number of ether oxygens (including phenoxy) is 2. The molecule has 0 fully saturated rings. The minimum absolute atomic E-state index is 0.225. The molecule has 0 unspecified atom stereocenters. The Kier molecular flexibility index (Phi) is 5.85. The fourth-order valence-electron chi connectivity index (χ4n) is 1.94. The largest absolute Gasteiger partial charge is 0.352 e. The molecule has 0 saturated heterocycles. The zero-order valence-electron chi connectivity index (χ0n) is 13.5. The van der Waals surface area contributed by atoms with E-state index < -0.39 is 6.29 Å². The molecule has 120 valence electrons. The van der Waals surface area contributed by atoms with E-state index in [2.05, 4.69) is 20.3 Å². The molecule has 0 saturated carbocycles. The molecule has 2 rings (SSSR count). The summed E-state index contributed by atoms with van der Waals surface area (Å²) in [5, 5.41) is 3.22. The summed E-state index contributed by atoms with van der Waals surface area (Å²) >= 11 is 0. The Morgan fingerprint density at radius 3 is 2.45 bits per heavy atom. The first-order valence-electron chi connectivity index (χ1n) is 7.51. The number of nitrogens with zero attached hydrogens (tertiary/aromatic N) is 4. The lowest BCUT2D eigenvalue weighted by Crippen LogP contribution is -2.17. The third kappa shape index (κ3) is 4.25. The zero-order chi connectivity index (χ0) is 15.9. The normalized spacial score (nSPS) is 11.4. The lowest BCUT2D eigenvalue weighted by molar-refractivity contribution is -0.142. The van der Waals surface area contributed by atoms with Crippen LogP contribution in [0.15, 0.2) is 24.8 Å². The van der Waals surface area contributed by atoms with Crippen molar-refractivity contribution in [1.82, 2.24) is 19.5 Å². The second kappa shape index (κ2) is 7.86. The van der Waals surface area contributed by atoms with E-state index in [0.29, 0.717) is 24.9 Å². The fourth-order valence-corrected chi connectivity index (χ4v) is 1.94. The second-order valence-electron chi connectivity index (χ2n) is 4.99. The van der Waals surface area contributed by atoms with E-state index in [-0.39, 0.29) is 6.04 Å². The molecule has 0 atom stereocenters. The molecule has 2 aromatic heterocycles. The summed E-state index contributed by atoms with van der Waals surface area (Å²) in [5.41, 5.74) is 0.686. The van der Waals surface area contributed by atoms with Gasteiger partial charge in [-0.15, -0.1) is 0 Å². The van der Waals surface area contributed by atoms with Crippen molar-refractivity contribution in [2.24, 2.45) is 0 Å². The van der Waals surface area contributed by atoms with Gasteiger partial charge >= 0.3 is 0 Å². The molecule has 0 amide bonds. The first-order valence-corrected chi connectivity index (χ1v) is 7.51. The number of aromatic nitrogens is 4. The van der Waals surface area contributed by atoms with Crippen LogP contribution in [0, 0.1) is 0 Å². The van der Waals surface area contributed by atoms with Gasteiger partial charge in [0, 0.05) is 37.7 Å². The molecular weight excluding hydrogens is 282 g/mol. The van der Waals surface area contributed by atoms with Gasteiger partial charge in [-0.05, 0) is 27.7 Å². The van der Waals surface area contributed by atoms with Crippen LogP contribution in [0.4, 0.5) is 5.95 Å². The zero-order valence-corrected chi connectivity index (χ0v) is 13.5. The van der Waals surface area contributed by atoms with Gasteiger partial charge in [0.25, 0.3) is 0 Å². The van der Waals surface area contributed by atoms with Crippen LogP contribution in [-0.2, 0) is 9.47 Å². The van der Waals surface area contributed by atoms with Gasteiger partial charge in [0.15, 0.2) is 0 Å². The first-order chi connectivity index (χ1) is 10.6. The third-order valence-corrected chi connectivity index (χ3v) is 2.80. The van der Waals surface area contributed by atoms with Gasteiger partial charge in [0.1, 0.15) is 17.8 Å². The molecule has 0 aliphatic rings. The highest BCUT2D eigenvalue weighted by Crippen LogP contribution is 2.21. The molecule has 0 spiro atoms. The summed E-state index contributed by atoms with van der Waals surface area (Å²) in [6.07, 6.45) is 4.73. The molecule has 2 heterocycles. The van der Waals surface area contributed by atoms with Gasteiger partial charge in [-0.1, -0.05) is 0 Å². The molecule has 2 aromatic rings. The average molecular weight is 305 g/mol. The molecule has 1 N–H and O–H groups in total. The van der Waals surface area contributed by atoms with Crippen molar-refractivity contribution in [3.63, 3.8) is 0 Å². The molecular formula is C15H23N5O2. The molecule has 22 heavy (non-hydrogen) atoms. The standard InChI is InChI=1S/C15H23N5O2/c1-5-21-14(22-6-2)12-9-13(20-8-7-16-10-20)19-15(18-12)17-11(3)4/h7-11,14H,5-6H2,1-4H3,(H,17,18,19). The van der Waals surface area contributed by atoms with Crippen molar-refractivity contribution in [3.05, 3.63) is 30.5 Å². The van der Waals surface area contributed by atoms with E-state index in [1.807, 2.05) is 44.5 Å². The van der Waals surface area contributed by atoms with Crippen molar-refractivity contribution in [2.75, 3.05) is 18.5 Å². The summed E-state index contributed by atoms with van der Waals surface area (Å²) in [5.74, 6) is 1.26. The van der Waals surface area contributed by atoms with Gasteiger partial charge in [-0.2, -0.15) is 4.98 Å². The van der Waals surface area contributed by atoms with E-state index in [4.69, 9.17) is 9.47 Å². The van der Waals surface area contributed by atoms with Crippen molar-refractivity contribution < 1.29 is 9.47 Å². The van der Waals surface area contributed by atoms with Gasteiger partial charge in [-0.25, -0.2) is 9.97 Å². The van der Waals surface area contributed by atoms with Crippen LogP contribution >= 0.6 is 0 Å². The second-order valence-corrected chi connectivity index (χ2v) is 4.99. The van der Waals surface area contributed by atoms with E-state index >= 15 is 0 Å². The molecule has 0 radical (unpaired) electrons. The maximum atomic E-state index is 5.64. The highest BCUT2D eigenvalue weighted by molar-refractivity contribution is 5.36. The highest BCUT2D eigenvalue weighted by atomic mass is 16.7. The minimum atomic E-state index is -0.506. The van der Waals surface area contributed by atoms with Gasteiger partial charge in [-0.3, -0.25) is 4.57 Å². The number of nitrogens with one attached hydrogen (secondary N) is 1. The smallest absolute Gasteiger partial charge is 0.225 e. The Balaban J connectivity index is 2.40. The van der Waals surface area contributed by atoms with Crippen LogP contribution in [-0.4, -0.2) is 38.8 Å². The number of imidazole rings is 1. The van der Waals surface area contributed by atoms with Crippen LogP contribution in [0.25, 0.3) is 5.82 Å². The van der Waals surface area contributed by atoms with Crippen LogP contribution in [0.2, 0.25) is 0 Å². The topological polar surface area (TPSA) is 74.1 Å². The predicted octanol–water partition coefficient (Wildman–Crippen LogP) is 2.55. The highest BCUT2D eigenvalue weighted by Gasteiger charge is 2.17. The summed E-state index contributed by atoms with van der Waals surface area (Å²) in [6, 6.07) is 2.08. The lowest BCUT2D eigenvalue weighted by atomic mass is 10.3. The molecule has 7 nitrogen and oxygen atoms in total. The Hall–Kier alpha value is -1.99. The quantitative estimate of drug-likeness (QED) is 0.756. The van der Waals surface area contributed by atoms with Gasteiger partial charge in [0.05, 0.1) is 0 Å². The summed E-state index contributed by atoms with van der Waals surface area (Å²) in [4.78, 5) is 13.1. The van der Waals surface area contributed by atoms with Gasteiger partial charge < -0.3 is 14.8 Å². The number of rotatable bonds is 8. The van der Waals surface area contributed by atoms with Crippen LogP contribution in [0.1, 0.15) is 39.7 Å². The number of hydrogen-bond donors (Lipinski definition) is 1. The van der Waals surface area contributed by atoms with Crippen molar-refractivity contribution in [3.8, 4) is 5.82 Å².